The molecule has 0 saturated carbocycles. The number of benzene rings is 1. The Balaban J connectivity index is 2.12. The average molecular weight is 308 g/mol. The van der Waals surface area contributed by atoms with Crippen LogP contribution >= 0.6 is 11.6 Å². The lowest BCUT2D eigenvalue weighted by atomic mass is 10.1. The number of hydrogen-bond acceptors (Lipinski definition) is 4. The summed E-state index contributed by atoms with van der Waals surface area (Å²) in [7, 11) is 0. The topological polar surface area (TPSA) is 69.6 Å². The first-order valence-corrected chi connectivity index (χ1v) is 7.84. The minimum absolute atomic E-state index is 0.267. The second-order valence-corrected chi connectivity index (χ2v) is 5.79. The van der Waals surface area contributed by atoms with Crippen LogP contribution in [0.5, 0.6) is 0 Å². The van der Waals surface area contributed by atoms with E-state index in [4.69, 9.17) is 17.3 Å². The van der Waals surface area contributed by atoms with Crippen LogP contribution in [0.3, 0.4) is 0 Å². The van der Waals surface area contributed by atoms with Gasteiger partial charge in [-0.2, -0.15) is 0 Å². The molecule has 2 N–H and O–H groups in total. The van der Waals surface area contributed by atoms with Gasteiger partial charge in [0.25, 0.3) is 0 Å². The van der Waals surface area contributed by atoms with Crippen LogP contribution in [-0.2, 0) is 0 Å². The number of rotatable bonds is 7. The summed E-state index contributed by atoms with van der Waals surface area (Å²) in [5.74, 6) is 0.736. The molecule has 0 aliphatic heterocycles. The third-order valence-electron chi connectivity index (χ3n) is 3.64. The van der Waals surface area contributed by atoms with Crippen LogP contribution < -0.4 is 5.73 Å². The molecule has 0 amide bonds. The molecular weight excluding hydrogens is 286 g/mol. The van der Waals surface area contributed by atoms with E-state index in [1.165, 1.54) is 25.7 Å². The summed E-state index contributed by atoms with van der Waals surface area (Å²) in [4.78, 5) is 0. The number of nitrogen functional groups attached to an aromatic ring is 1. The average Bonchev–Trinajstić information content (AvgIpc) is 2.96. The van der Waals surface area contributed by atoms with Gasteiger partial charge in [0.1, 0.15) is 0 Å². The number of tetrazole rings is 1. The Hall–Kier alpha value is -1.62. The molecule has 2 aromatic rings. The zero-order valence-corrected chi connectivity index (χ0v) is 13.3. The highest BCUT2D eigenvalue weighted by molar-refractivity contribution is 6.33. The Bertz CT molecular complexity index is 581. The van der Waals surface area contributed by atoms with Crippen LogP contribution in [0.15, 0.2) is 18.2 Å². The maximum absolute atomic E-state index is 6.08. The largest absolute Gasteiger partial charge is 0.398 e. The Morgan fingerprint density at radius 2 is 2.10 bits per heavy atom. The number of hydrogen-bond donors (Lipinski definition) is 1. The van der Waals surface area contributed by atoms with Crippen molar-refractivity contribution in [1.82, 2.24) is 20.2 Å². The first-order chi connectivity index (χ1) is 10.1. The van der Waals surface area contributed by atoms with E-state index < -0.39 is 0 Å². The molecule has 2 rings (SSSR count). The summed E-state index contributed by atoms with van der Waals surface area (Å²) in [6, 6.07) is 5.75. The molecular formula is C15H22ClN5. The van der Waals surface area contributed by atoms with Crippen molar-refractivity contribution in [2.24, 2.45) is 0 Å². The third kappa shape index (κ3) is 3.94. The minimum atomic E-state index is 0.267. The van der Waals surface area contributed by atoms with Crippen LogP contribution in [0.2, 0.25) is 5.02 Å². The summed E-state index contributed by atoms with van der Waals surface area (Å²) in [5, 5.41) is 12.6. The van der Waals surface area contributed by atoms with Crippen molar-refractivity contribution < 1.29 is 0 Å². The molecule has 114 valence electrons. The highest BCUT2D eigenvalue weighted by Gasteiger charge is 2.15. The SMILES string of the molecule is CCCCCCC(C)n1nnnc1-c1ccc(N)c(Cl)c1. The summed E-state index contributed by atoms with van der Waals surface area (Å²) in [5.41, 5.74) is 7.19. The molecule has 6 heteroatoms. The van der Waals surface area contributed by atoms with E-state index in [0.29, 0.717) is 10.7 Å². The van der Waals surface area contributed by atoms with Gasteiger partial charge in [-0.15, -0.1) is 5.10 Å². The lowest BCUT2D eigenvalue weighted by Crippen LogP contribution is -2.09. The monoisotopic (exact) mass is 307 g/mol. The maximum atomic E-state index is 6.08. The molecule has 1 atom stereocenters. The minimum Gasteiger partial charge on any atom is -0.398 e. The summed E-state index contributed by atoms with van der Waals surface area (Å²) >= 11 is 6.08. The molecule has 0 fully saturated rings. The lowest BCUT2D eigenvalue weighted by Gasteiger charge is -2.13. The fourth-order valence-electron chi connectivity index (χ4n) is 2.34. The number of nitrogens with two attached hydrogens (primary N) is 1. The van der Waals surface area contributed by atoms with Gasteiger partial charge in [0.15, 0.2) is 5.82 Å². The molecule has 21 heavy (non-hydrogen) atoms. The molecule has 0 aliphatic rings. The van der Waals surface area contributed by atoms with Crippen LogP contribution in [0.1, 0.15) is 52.0 Å². The van der Waals surface area contributed by atoms with Gasteiger partial charge in [0.2, 0.25) is 0 Å². The summed E-state index contributed by atoms with van der Waals surface area (Å²) in [6.07, 6.45) is 6.04. The van der Waals surface area contributed by atoms with Crippen LogP contribution in [-0.4, -0.2) is 20.2 Å². The first kappa shape index (κ1) is 15.8. The van der Waals surface area contributed by atoms with Crippen LogP contribution in [0.25, 0.3) is 11.4 Å². The first-order valence-electron chi connectivity index (χ1n) is 7.46. The van der Waals surface area contributed by atoms with Gasteiger partial charge in [0.05, 0.1) is 16.8 Å². The van der Waals surface area contributed by atoms with Crippen molar-refractivity contribution in [3.8, 4) is 11.4 Å². The van der Waals surface area contributed by atoms with Gasteiger partial charge < -0.3 is 5.73 Å². The smallest absolute Gasteiger partial charge is 0.182 e. The van der Waals surface area contributed by atoms with Crippen molar-refractivity contribution >= 4 is 17.3 Å². The molecule has 0 aliphatic carbocycles. The Kier molecular flexibility index (Phi) is 5.56. The number of unbranched alkanes of at least 4 members (excludes halogenated alkanes) is 3. The zero-order valence-electron chi connectivity index (χ0n) is 12.6. The van der Waals surface area contributed by atoms with E-state index in [1.54, 1.807) is 6.07 Å². The Morgan fingerprint density at radius 1 is 1.29 bits per heavy atom. The summed E-state index contributed by atoms with van der Waals surface area (Å²) in [6.45, 7) is 4.36. The molecule has 0 saturated heterocycles. The lowest BCUT2D eigenvalue weighted by molar-refractivity contribution is 0.430. The van der Waals surface area contributed by atoms with Gasteiger partial charge in [-0.25, -0.2) is 4.68 Å². The van der Waals surface area contributed by atoms with Gasteiger partial charge in [-0.05, 0) is 42.0 Å². The summed E-state index contributed by atoms with van der Waals surface area (Å²) < 4.78 is 1.87. The number of anilines is 1. The van der Waals surface area contributed by atoms with Crippen molar-refractivity contribution in [3.63, 3.8) is 0 Å². The second-order valence-electron chi connectivity index (χ2n) is 5.38. The van der Waals surface area contributed by atoms with E-state index in [1.807, 2.05) is 16.8 Å². The van der Waals surface area contributed by atoms with Crippen molar-refractivity contribution in [1.29, 1.82) is 0 Å². The molecule has 1 aromatic heterocycles. The fourth-order valence-corrected chi connectivity index (χ4v) is 2.52. The van der Waals surface area contributed by atoms with Gasteiger partial charge >= 0.3 is 0 Å². The van der Waals surface area contributed by atoms with Crippen molar-refractivity contribution in [2.75, 3.05) is 5.73 Å². The normalized spacial score (nSPS) is 12.5. The van der Waals surface area contributed by atoms with Crippen LogP contribution in [0, 0.1) is 0 Å². The highest BCUT2D eigenvalue weighted by Crippen LogP contribution is 2.27. The highest BCUT2D eigenvalue weighted by atomic mass is 35.5. The molecule has 1 heterocycles. The van der Waals surface area contributed by atoms with E-state index in [9.17, 15) is 0 Å². The predicted octanol–water partition coefficient (Wildman–Crippen LogP) is 4.11. The number of halogens is 1. The molecule has 1 aromatic carbocycles. The van der Waals surface area contributed by atoms with Gasteiger partial charge in [0, 0.05) is 5.56 Å². The number of nitrogens with zero attached hydrogens (tertiary/aromatic N) is 4. The quantitative estimate of drug-likeness (QED) is 0.617. The molecule has 0 bridgehead atoms. The van der Waals surface area contributed by atoms with E-state index >= 15 is 0 Å². The standard InChI is InChI=1S/C15H22ClN5/c1-3-4-5-6-7-11(2)21-15(18-19-20-21)12-8-9-14(17)13(16)10-12/h8-11H,3-7,17H2,1-2H3. The van der Waals surface area contributed by atoms with E-state index in [0.717, 1.165) is 17.8 Å². The van der Waals surface area contributed by atoms with Gasteiger partial charge in [-0.3, -0.25) is 0 Å². The molecule has 0 radical (unpaired) electrons. The Morgan fingerprint density at radius 3 is 2.81 bits per heavy atom. The van der Waals surface area contributed by atoms with Crippen molar-refractivity contribution in [3.05, 3.63) is 23.2 Å². The maximum Gasteiger partial charge on any atom is 0.182 e. The van der Waals surface area contributed by atoms with E-state index in [2.05, 4.69) is 29.4 Å². The molecule has 0 spiro atoms. The van der Waals surface area contributed by atoms with Gasteiger partial charge in [-0.1, -0.05) is 44.2 Å². The number of aromatic nitrogens is 4. The zero-order chi connectivity index (χ0) is 15.2. The van der Waals surface area contributed by atoms with Crippen LogP contribution in [0.4, 0.5) is 5.69 Å². The molecule has 1 unspecified atom stereocenters. The predicted molar refractivity (Wildman–Crippen MR) is 86.1 cm³/mol. The Labute approximate surface area is 130 Å². The van der Waals surface area contributed by atoms with E-state index in [-0.39, 0.29) is 6.04 Å². The molecule has 5 nitrogen and oxygen atoms in total. The second kappa shape index (κ2) is 7.41. The van der Waals surface area contributed by atoms with Crippen molar-refractivity contribution in [2.45, 2.75) is 52.0 Å². The fraction of sp³-hybridized carbons (Fsp3) is 0.533. The third-order valence-corrected chi connectivity index (χ3v) is 3.97.